The molecule has 0 bridgehead atoms. The molecule has 2 rings (SSSR count). The van der Waals surface area contributed by atoms with Gasteiger partial charge in [0.05, 0.1) is 14.2 Å². The Balaban J connectivity index is 2.65. The Bertz CT molecular complexity index is 476. The monoisotopic (exact) mass is 262 g/mol. The van der Waals surface area contributed by atoms with Crippen LogP contribution >= 0.6 is 0 Å². The maximum absolute atomic E-state index is 5.67. The molecule has 1 atom stereocenters. The van der Waals surface area contributed by atoms with E-state index in [0.29, 0.717) is 5.41 Å². The van der Waals surface area contributed by atoms with Gasteiger partial charge in [-0.25, -0.2) is 0 Å². The van der Waals surface area contributed by atoms with Crippen LogP contribution in [-0.2, 0) is 5.41 Å². The van der Waals surface area contributed by atoms with Crippen LogP contribution in [0, 0.1) is 12.3 Å². The Kier molecular flexibility index (Phi) is 3.55. The first-order valence-electron chi connectivity index (χ1n) is 7.09. The molecular weight excluding hydrogens is 236 g/mol. The average Bonchev–Trinajstić information content (AvgIpc) is 2.63. The minimum atomic E-state index is 0.150. The SMILES string of the molecule is COc1cc(C)cc(C2(C)CCCC2(C)C)c1OC. The minimum Gasteiger partial charge on any atom is -0.493 e. The molecule has 1 aromatic rings. The fraction of sp³-hybridized carbons (Fsp3) is 0.647. The van der Waals surface area contributed by atoms with E-state index in [4.69, 9.17) is 9.47 Å². The second kappa shape index (κ2) is 4.73. The molecule has 0 aromatic heterocycles. The summed E-state index contributed by atoms with van der Waals surface area (Å²) in [4.78, 5) is 0. The van der Waals surface area contributed by atoms with Crippen LogP contribution in [0.25, 0.3) is 0 Å². The van der Waals surface area contributed by atoms with Crippen molar-refractivity contribution in [2.24, 2.45) is 5.41 Å². The van der Waals surface area contributed by atoms with Crippen molar-refractivity contribution >= 4 is 0 Å². The van der Waals surface area contributed by atoms with Crippen LogP contribution in [0.2, 0.25) is 0 Å². The fourth-order valence-electron chi connectivity index (χ4n) is 3.51. The lowest BCUT2D eigenvalue weighted by Gasteiger charge is -2.40. The molecule has 0 radical (unpaired) electrons. The van der Waals surface area contributed by atoms with E-state index in [9.17, 15) is 0 Å². The van der Waals surface area contributed by atoms with Crippen LogP contribution in [0.4, 0.5) is 0 Å². The first kappa shape index (κ1) is 14.2. The smallest absolute Gasteiger partial charge is 0.164 e. The van der Waals surface area contributed by atoms with Gasteiger partial charge in [0.25, 0.3) is 0 Å². The van der Waals surface area contributed by atoms with E-state index in [1.165, 1.54) is 30.4 Å². The molecule has 106 valence electrons. The van der Waals surface area contributed by atoms with Crippen molar-refractivity contribution in [1.82, 2.24) is 0 Å². The van der Waals surface area contributed by atoms with Crippen molar-refractivity contribution in [3.63, 3.8) is 0 Å². The van der Waals surface area contributed by atoms with Gasteiger partial charge >= 0.3 is 0 Å². The van der Waals surface area contributed by atoms with Crippen molar-refractivity contribution in [2.45, 2.75) is 52.4 Å². The zero-order valence-electron chi connectivity index (χ0n) is 13.1. The normalized spacial score (nSPS) is 25.4. The highest BCUT2D eigenvalue weighted by atomic mass is 16.5. The van der Waals surface area contributed by atoms with Gasteiger partial charge in [-0.3, -0.25) is 0 Å². The summed E-state index contributed by atoms with van der Waals surface area (Å²) in [6.07, 6.45) is 3.76. The topological polar surface area (TPSA) is 18.5 Å². The third-order valence-electron chi connectivity index (χ3n) is 5.19. The third kappa shape index (κ3) is 2.11. The van der Waals surface area contributed by atoms with Crippen LogP contribution in [0.15, 0.2) is 12.1 Å². The van der Waals surface area contributed by atoms with E-state index in [1.807, 2.05) is 6.07 Å². The Morgan fingerprint density at radius 3 is 2.16 bits per heavy atom. The first-order valence-corrected chi connectivity index (χ1v) is 7.09. The molecule has 0 heterocycles. The van der Waals surface area contributed by atoms with Crippen LogP contribution in [0.1, 0.15) is 51.2 Å². The fourth-order valence-corrected chi connectivity index (χ4v) is 3.51. The first-order chi connectivity index (χ1) is 8.85. The Morgan fingerprint density at radius 2 is 1.68 bits per heavy atom. The summed E-state index contributed by atoms with van der Waals surface area (Å²) in [5.74, 6) is 1.76. The maximum Gasteiger partial charge on any atom is 0.164 e. The van der Waals surface area contributed by atoms with Gasteiger partial charge in [0, 0.05) is 11.0 Å². The highest BCUT2D eigenvalue weighted by Gasteiger charge is 2.48. The van der Waals surface area contributed by atoms with E-state index in [1.54, 1.807) is 14.2 Å². The molecule has 1 aromatic carbocycles. The van der Waals surface area contributed by atoms with Gasteiger partial charge in [0.15, 0.2) is 11.5 Å². The molecule has 0 N–H and O–H groups in total. The Hall–Kier alpha value is -1.18. The molecular formula is C17H26O2. The van der Waals surface area contributed by atoms with Gasteiger partial charge in [-0.2, -0.15) is 0 Å². The number of aryl methyl sites for hydroxylation is 1. The Morgan fingerprint density at radius 1 is 1.00 bits per heavy atom. The number of benzene rings is 1. The van der Waals surface area contributed by atoms with Crippen LogP contribution in [0.3, 0.4) is 0 Å². The predicted molar refractivity (Wildman–Crippen MR) is 79.3 cm³/mol. The molecule has 0 spiro atoms. The van der Waals surface area contributed by atoms with Crippen molar-refractivity contribution in [3.05, 3.63) is 23.3 Å². The summed E-state index contributed by atoms with van der Waals surface area (Å²) in [7, 11) is 3.45. The van der Waals surface area contributed by atoms with Gasteiger partial charge < -0.3 is 9.47 Å². The number of ether oxygens (including phenoxy) is 2. The Labute approximate surface area is 117 Å². The summed E-state index contributed by atoms with van der Waals surface area (Å²) >= 11 is 0. The van der Waals surface area contributed by atoms with Crippen molar-refractivity contribution in [2.75, 3.05) is 14.2 Å². The number of hydrogen-bond acceptors (Lipinski definition) is 2. The van der Waals surface area contributed by atoms with E-state index < -0.39 is 0 Å². The average molecular weight is 262 g/mol. The second-order valence-electron chi connectivity index (χ2n) is 6.62. The van der Waals surface area contributed by atoms with Crippen molar-refractivity contribution in [1.29, 1.82) is 0 Å². The standard InChI is InChI=1S/C17H26O2/c1-12-10-13(15(19-6)14(11-12)18-5)17(4)9-7-8-16(17,2)3/h10-11H,7-9H2,1-6H3. The molecule has 0 aliphatic heterocycles. The van der Waals surface area contributed by atoms with Crippen molar-refractivity contribution < 1.29 is 9.47 Å². The lowest BCUT2D eigenvalue weighted by Crippen LogP contribution is -2.34. The molecule has 1 saturated carbocycles. The summed E-state index contributed by atoms with van der Waals surface area (Å²) in [5.41, 5.74) is 2.97. The summed E-state index contributed by atoms with van der Waals surface area (Å²) in [5, 5.41) is 0. The van der Waals surface area contributed by atoms with Crippen LogP contribution in [-0.4, -0.2) is 14.2 Å². The second-order valence-corrected chi connectivity index (χ2v) is 6.62. The van der Waals surface area contributed by atoms with Crippen LogP contribution in [0.5, 0.6) is 11.5 Å². The molecule has 1 aliphatic rings. The summed E-state index contributed by atoms with van der Waals surface area (Å²) in [6, 6.07) is 4.32. The van der Waals surface area contributed by atoms with Crippen molar-refractivity contribution in [3.8, 4) is 11.5 Å². The number of methoxy groups -OCH3 is 2. The van der Waals surface area contributed by atoms with Gasteiger partial charge in [0.2, 0.25) is 0 Å². The number of rotatable bonds is 3. The predicted octanol–water partition coefficient (Wildman–Crippen LogP) is 4.48. The molecule has 2 heteroatoms. The largest absolute Gasteiger partial charge is 0.493 e. The molecule has 19 heavy (non-hydrogen) atoms. The molecule has 0 amide bonds. The van der Waals surface area contributed by atoms with E-state index in [2.05, 4.69) is 33.8 Å². The van der Waals surface area contributed by atoms with E-state index >= 15 is 0 Å². The quantitative estimate of drug-likeness (QED) is 0.799. The summed E-state index contributed by atoms with van der Waals surface area (Å²) in [6.45, 7) is 9.23. The van der Waals surface area contributed by atoms with Gasteiger partial charge in [-0.05, 0) is 36.8 Å². The number of hydrogen-bond donors (Lipinski definition) is 0. The van der Waals surface area contributed by atoms with Gasteiger partial charge in [-0.1, -0.05) is 33.3 Å². The lowest BCUT2D eigenvalue weighted by molar-refractivity contribution is 0.216. The molecule has 0 saturated heterocycles. The molecule has 1 unspecified atom stereocenters. The highest BCUT2D eigenvalue weighted by Crippen LogP contribution is 2.57. The highest BCUT2D eigenvalue weighted by molar-refractivity contribution is 5.53. The van der Waals surface area contributed by atoms with Gasteiger partial charge in [0.1, 0.15) is 0 Å². The zero-order chi connectivity index (χ0) is 14.3. The van der Waals surface area contributed by atoms with E-state index in [-0.39, 0.29) is 5.41 Å². The maximum atomic E-state index is 5.67. The molecule has 2 nitrogen and oxygen atoms in total. The molecule has 1 aliphatic carbocycles. The minimum absolute atomic E-state index is 0.150. The van der Waals surface area contributed by atoms with E-state index in [0.717, 1.165) is 11.5 Å². The molecule has 1 fully saturated rings. The summed E-state index contributed by atoms with van der Waals surface area (Å²) < 4.78 is 11.2. The zero-order valence-corrected chi connectivity index (χ0v) is 13.1. The third-order valence-corrected chi connectivity index (χ3v) is 5.19. The lowest BCUT2D eigenvalue weighted by atomic mass is 9.65. The van der Waals surface area contributed by atoms with Crippen LogP contribution < -0.4 is 9.47 Å². The van der Waals surface area contributed by atoms with Gasteiger partial charge in [-0.15, -0.1) is 0 Å².